The third-order valence-electron chi connectivity index (χ3n) is 3.60. The Bertz CT molecular complexity index is 976. The van der Waals surface area contributed by atoms with Crippen LogP contribution in [0.25, 0.3) is 27.8 Å². The Morgan fingerprint density at radius 1 is 1.00 bits per heavy atom. The molecule has 0 saturated heterocycles. The van der Waals surface area contributed by atoms with E-state index >= 15 is 0 Å². The predicted octanol–water partition coefficient (Wildman–Crippen LogP) is 5.03. The van der Waals surface area contributed by atoms with Gasteiger partial charge in [0.25, 0.3) is 0 Å². The smallest absolute Gasteiger partial charge is 0.174 e. The molecule has 2 aromatic carbocycles. The van der Waals surface area contributed by atoms with Crippen molar-refractivity contribution in [2.24, 2.45) is 0 Å². The van der Waals surface area contributed by atoms with Gasteiger partial charge in [0, 0.05) is 21.6 Å². The van der Waals surface area contributed by atoms with Crippen molar-refractivity contribution in [1.29, 1.82) is 0 Å². The van der Waals surface area contributed by atoms with Crippen LogP contribution in [0.5, 0.6) is 0 Å². The van der Waals surface area contributed by atoms with Crippen LogP contribution in [0.2, 0.25) is 0 Å². The molecule has 2 heterocycles. The monoisotopic (exact) mass is 369 g/mol. The van der Waals surface area contributed by atoms with Crippen LogP contribution in [-0.4, -0.2) is 20.6 Å². The lowest BCUT2D eigenvalue weighted by Gasteiger charge is -2.04. The lowest BCUT2D eigenvalue weighted by atomic mass is 10.2. The molecule has 22 heavy (non-hydrogen) atoms. The average molecular weight is 370 g/mol. The van der Waals surface area contributed by atoms with Gasteiger partial charge >= 0.3 is 0 Å². The van der Waals surface area contributed by atoms with Gasteiger partial charge in [0.05, 0.1) is 11.2 Å². The molecule has 2 aromatic heterocycles. The van der Waals surface area contributed by atoms with Crippen molar-refractivity contribution in [2.75, 3.05) is 6.26 Å². The van der Waals surface area contributed by atoms with Crippen LogP contribution in [-0.2, 0) is 0 Å². The van der Waals surface area contributed by atoms with E-state index < -0.39 is 0 Å². The maximum absolute atomic E-state index is 4.84. The minimum Gasteiger partial charge on any atom is -0.278 e. The molecule has 0 aliphatic rings. The highest BCUT2D eigenvalue weighted by atomic mass is 79.9. The molecular formula is C17H12BrN3S. The van der Waals surface area contributed by atoms with Gasteiger partial charge in [0.15, 0.2) is 5.16 Å². The van der Waals surface area contributed by atoms with Gasteiger partial charge in [-0.3, -0.25) is 4.40 Å². The van der Waals surface area contributed by atoms with Gasteiger partial charge in [-0.1, -0.05) is 52.0 Å². The van der Waals surface area contributed by atoms with Crippen molar-refractivity contribution in [3.05, 3.63) is 59.2 Å². The first-order valence-electron chi connectivity index (χ1n) is 6.84. The topological polar surface area (TPSA) is 30.2 Å². The molecule has 0 unspecified atom stereocenters. The van der Waals surface area contributed by atoms with Gasteiger partial charge in [0.2, 0.25) is 0 Å². The van der Waals surface area contributed by atoms with E-state index in [-0.39, 0.29) is 0 Å². The van der Waals surface area contributed by atoms with Gasteiger partial charge in [0.1, 0.15) is 5.65 Å². The molecule has 0 spiro atoms. The van der Waals surface area contributed by atoms with Gasteiger partial charge in [-0.25, -0.2) is 9.97 Å². The summed E-state index contributed by atoms with van der Waals surface area (Å²) < 4.78 is 3.14. The number of halogens is 1. The Morgan fingerprint density at radius 3 is 2.55 bits per heavy atom. The molecule has 0 atom stereocenters. The number of hydrogen-bond donors (Lipinski definition) is 0. The molecule has 0 aliphatic carbocycles. The number of aromatic nitrogens is 3. The third kappa shape index (κ3) is 2.21. The van der Waals surface area contributed by atoms with Gasteiger partial charge in [-0.05, 0) is 30.5 Å². The van der Waals surface area contributed by atoms with Crippen LogP contribution >= 0.6 is 27.7 Å². The van der Waals surface area contributed by atoms with E-state index in [1.54, 1.807) is 11.8 Å². The number of fused-ring (bicyclic) bond motifs is 3. The van der Waals surface area contributed by atoms with Crippen molar-refractivity contribution < 1.29 is 0 Å². The molecule has 0 amide bonds. The molecule has 5 heteroatoms. The van der Waals surface area contributed by atoms with Crippen LogP contribution in [0.1, 0.15) is 0 Å². The Hall–Kier alpha value is -1.85. The fourth-order valence-electron chi connectivity index (χ4n) is 2.54. The fourth-order valence-corrected chi connectivity index (χ4v) is 3.33. The van der Waals surface area contributed by atoms with Crippen LogP contribution < -0.4 is 0 Å². The maximum Gasteiger partial charge on any atom is 0.174 e. The van der Waals surface area contributed by atoms with E-state index in [0.29, 0.717) is 0 Å². The first kappa shape index (κ1) is 13.8. The number of benzene rings is 2. The molecule has 4 aromatic rings. The number of para-hydroxylation sites is 1. The minimum absolute atomic E-state index is 0.949. The van der Waals surface area contributed by atoms with Crippen LogP contribution in [0.4, 0.5) is 0 Å². The normalized spacial score (nSPS) is 11.4. The Morgan fingerprint density at radius 2 is 1.77 bits per heavy atom. The molecule has 0 N–H and O–H groups in total. The standard InChI is InChI=1S/C17H12BrN3S/c1-22-17-20-14-5-3-2-4-13(14)16-19-15(10-21(16)17)11-6-8-12(18)9-7-11/h2-10H,1H3. The number of nitrogens with zero attached hydrogens (tertiary/aromatic N) is 3. The van der Waals surface area contributed by atoms with E-state index in [2.05, 4.69) is 44.7 Å². The zero-order valence-electron chi connectivity index (χ0n) is 11.8. The van der Waals surface area contributed by atoms with E-state index in [4.69, 9.17) is 9.97 Å². The quantitative estimate of drug-likeness (QED) is 0.366. The summed E-state index contributed by atoms with van der Waals surface area (Å²) in [6, 6.07) is 16.3. The first-order valence-corrected chi connectivity index (χ1v) is 8.86. The molecule has 0 radical (unpaired) electrons. The summed E-state index contributed by atoms with van der Waals surface area (Å²) in [6.07, 6.45) is 4.10. The lowest BCUT2D eigenvalue weighted by Crippen LogP contribution is -1.94. The highest BCUT2D eigenvalue weighted by Gasteiger charge is 2.12. The predicted molar refractivity (Wildman–Crippen MR) is 95.4 cm³/mol. The minimum atomic E-state index is 0.949. The van der Waals surface area contributed by atoms with E-state index in [9.17, 15) is 0 Å². The number of hydrogen-bond acceptors (Lipinski definition) is 3. The molecule has 0 aliphatic heterocycles. The van der Waals surface area contributed by atoms with Crippen molar-refractivity contribution in [3.63, 3.8) is 0 Å². The first-order chi connectivity index (χ1) is 10.8. The highest BCUT2D eigenvalue weighted by Crippen LogP contribution is 2.27. The summed E-state index contributed by atoms with van der Waals surface area (Å²) >= 11 is 5.10. The van der Waals surface area contributed by atoms with E-state index in [0.717, 1.165) is 37.4 Å². The summed E-state index contributed by atoms with van der Waals surface area (Å²) in [7, 11) is 0. The van der Waals surface area contributed by atoms with Crippen molar-refractivity contribution in [2.45, 2.75) is 5.16 Å². The molecule has 3 nitrogen and oxygen atoms in total. The molecule has 108 valence electrons. The van der Waals surface area contributed by atoms with Crippen LogP contribution in [0, 0.1) is 0 Å². The number of thioether (sulfide) groups is 1. The van der Waals surface area contributed by atoms with Crippen molar-refractivity contribution >= 4 is 44.2 Å². The molecule has 0 fully saturated rings. The van der Waals surface area contributed by atoms with Crippen molar-refractivity contribution in [1.82, 2.24) is 14.4 Å². The largest absolute Gasteiger partial charge is 0.278 e. The molecule has 0 saturated carbocycles. The maximum atomic E-state index is 4.84. The number of rotatable bonds is 2. The number of imidazole rings is 1. The van der Waals surface area contributed by atoms with Gasteiger partial charge in [-0.15, -0.1) is 0 Å². The summed E-state index contributed by atoms with van der Waals surface area (Å²) in [5, 5.41) is 2.02. The second kappa shape index (κ2) is 5.41. The molecule has 0 bridgehead atoms. The average Bonchev–Trinajstić information content (AvgIpc) is 3.00. The summed E-state index contributed by atoms with van der Waals surface area (Å²) in [6.45, 7) is 0. The van der Waals surface area contributed by atoms with Crippen molar-refractivity contribution in [3.8, 4) is 11.3 Å². The summed E-state index contributed by atoms with van der Waals surface area (Å²) in [5.74, 6) is 0. The summed E-state index contributed by atoms with van der Waals surface area (Å²) in [4.78, 5) is 9.57. The van der Waals surface area contributed by atoms with Gasteiger partial charge < -0.3 is 0 Å². The van der Waals surface area contributed by atoms with Crippen LogP contribution in [0.15, 0.2) is 64.4 Å². The highest BCUT2D eigenvalue weighted by molar-refractivity contribution is 9.10. The van der Waals surface area contributed by atoms with E-state index in [1.165, 1.54) is 0 Å². The second-order valence-electron chi connectivity index (χ2n) is 4.94. The Balaban J connectivity index is 2.03. The third-order valence-corrected chi connectivity index (χ3v) is 4.78. The van der Waals surface area contributed by atoms with Crippen LogP contribution in [0.3, 0.4) is 0 Å². The Labute approximate surface area is 140 Å². The van der Waals surface area contributed by atoms with E-state index in [1.807, 2.05) is 36.6 Å². The zero-order chi connectivity index (χ0) is 15.1. The second-order valence-corrected chi connectivity index (χ2v) is 6.63. The summed E-state index contributed by atoms with van der Waals surface area (Å²) in [5.41, 5.74) is 3.99. The fraction of sp³-hybridized carbons (Fsp3) is 0.0588. The Kier molecular flexibility index (Phi) is 3.39. The zero-order valence-corrected chi connectivity index (χ0v) is 14.2. The molecular weight excluding hydrogens is 358 g/mol. The lowest BCUT2D eigenvalue weighted by molar-refractivity contribution is 0.932. The SMILES string of the molecule is CSc1nc2ccccc2c2nc(-c3ccc(Br)cc3)cn12. The van der Waals surface area contributed by atoms with Gasteiger partial charge in [-0.2, -0.15) is 0 Å². The molecule has 4 rings (SSSR count).